The third-order valence-electron chi connectivity index (χ3n) is 2.42. The second-order valence-electron chi connectivity index (χ2n) is 3.89. The number of ketones is 1. The van der Waals surface area contributed by atoms with Gasteiger partial charge >= 0.3 is 5.97 Å². The molecule has 0 amide bonds. The molecule has 0 aromatic carbocycles. The molecule has 0 aliphatic rings. The second kappa shape index (κ2) is 10.5. The lowest BCUT2D eigenvalue weighted by Crippen LogP contribution is -2.20. The second-order valence-corrected chi connectivity index (χ2v) is 4.27. The van der Waals surface area contributed by atoms with E-state index in [1.54, 1.807) is 0 Å². The lowest BCUT2D eigenvalue weighted by Gasteiger charge is -2.12. The van der Waals surface area contributed by atoms with Crippen LogP contribution >= 0.6 is 11.6 Å². The number of hydrogen-bond donors (Lipinski definition) is 1. The Morgan fingerprint density at radius 2 is 1.88 bits per heavy atom. The van der Waals surface area contributed by atoms with Crippen LogP contribution in [-0.4, -0.2) is 35.4 Å². The van der Waals surface area contributed by atoms with E-state index < -0.39 is 6.10 Å². The van der Waals surface area contributed by atoms with Crippen molar-refractivity contribution < 1.29 is 19.4 Å². The lowest BCUT2D eigenvalue weighted by molar-refractivity contribution is -0.151. The summed E-state index contributed by atoms with van der Waals surface area (Å²) in [4.78, 5) is 22.4. The molecule has 0 saturated carbocycles. The van der Waals surface area contributed by atoms with Crippen LogP contribution in [0.15, 0.2) is 0 Å². The minimum Gasteiger partial charge on any atom is -0.460 e. The average molecular weight is 265 g/mol. The topological polar surface area (TPSA) is 63.6 Å². The number of unbranched alkanes of at least 4 members (excludes halogenated alkanes) is 1. The zero-order chi connectivity index (χ0) is 13.1. The van der Waals surface area contributed by atoms with E-state index in [0.29, 0.717) is 44.4 Å². The molecule has 17 heavy (non-hydrogen) atoms. The van der Waals surface area contributed by atoms with Gasteiger partial charge in [-0.1, -0.05) is 6.92 Å². The van der Waals surface area contributed by atoms with E-state index in [-0.39, 0.29) is 18.4 Å². The number of halogens is 1. The highest BCUT2D eigenvalue weighted by molar-refractivity contribution is 6.19. The smallest absolute Gasteiger partial charge is 0.306 e. The monoisotopic (exact) mass is 264 g/mol. The van der Waals surface area contributed by atoms with Crippen molar-refractivity contribution in [1.82, 2.24) is 0 Å². The van der Waals surface area contributed by atoms with Gasteiger partial charge in [-0.15, -0.1) is 11.6 Å². The standard InChI is InChI=1S/C12H21ClO4/c1-2-11(9-14)17-12(16)6-4-3-5-10(15)7-8-13/h11,14H,2-9H2,1H3. The predicted octanol–water partition coefficient (Wildman–Crippen LogP) is 2.06. The third-order valence-corrected chi connectivity index (χ3v) is 2.61. The summed E-state index contributed by atoms with van der Waals surface area (Å²) < 4.78 is 5.01. The summed E-state index contributed by atoms with van der Waals surface area (Å²) >= 11 is 5.43. The number of carbonyl (C=O) groups excluding carboxylic acids is 2. The van der Waals surface area contributed by atoms with E-state index >= 15 is 0 Å². The highest BCUT2D eigenvalue weighted by Crippen LogP contribution is 2.06. The SMILES string of the molecule is CCC(CO)OC(=O)CCCCC(=O)CCCl. The molecule has 100 valence electrons. The molecule has 0 saturated heterocycles. The number of rotatable bonds is 10. The third kappa shape index (κ3) is 9.12. The van der Waals surface area contributed by atoms with Crippen molar-refractivity contribution >= 4 is 23.4 Å². The van der Waals surface area contributed by atoms with Crippen LogP contribution in [0.3, 0.4) is 0 Å². The van der Waals surface area contributed by atoms with Gasteiger partial charge in [-0.25, -0.2) is 0 Å². The Kier molecular flexibility index (Phi) is 10.2. The number of ether oxygens (including phenoxy) is 1. The van der Waals surface area contributed by atoms with Crippen molar-refractivity contribution in [2.75, 3.05) is 12.5 Å². The molecule has 0 heterocycles. The summed E-state index contributed by atoms with van der Waals surface area (Å²) in [6.07, 6.45) is 2.68. The maximum atomic E-state index is 11.3. The van der Waals surface area contributed by atoms with Gasteiger partial charge < -0.3 is 9.84 Å². The van der Waals surface area contributed by atoms with E-state index in [9.17, 15) is 9.59 Å². The Bertz CT molecular complexity index is 227. The van der Waals surface area contributed by atoms with Crippen molar-refractivity contribution in [3.05, 3.63) is 0 Å². The van der Waals surface area contributed by atoms with Gasteiger partial charge in [-0.05, 0) is 19.3 Å². The van der Waals surface area contributed by atoms with Crippen LogP contribution in [0.25, 0.3) is 0 Å². The first kappa shape index (κ1) is 16.4. The fourth-order valence-electron chi connectivity index (χ4n) is 1.32. The molecule has 0 aliphatic carbocycles. The quantitative estimate of drug-likeness (QED) is 0.373. The minimum atomic E-state index is -0.402. The van der Waals surface area contributed by atoms with Crippen LogP contribution in [0.5, 0.6) is 0 Å². The van der Waals surface area contributed by atoms with Gasteiger partial charge in [0.05, 0.1) is 6.61 Å². The molecular formula is C12H21ClO4. The fraction of sp³-hybridized carbons (Fsp3) is 0.833. The molecule has 0 aliphatic heterocycles. The Morgan fingerprint density at radius 1 is 1.24 bits per heavy atom. The fourth-order valence-corrected chi connectivity index (χ4v) is 1.53. The molecular weight excluding hydrogens is 244 g/mol. The van der Waals surface area contributed by atoms with E-state index in [2.05, 4.69) is 0 Å². The summed E-state index contributed by atoms with van der Waals surface area (Å²) in [5.41, 5.74) is 0. The van der Waals surface area contributed by atoms with Gasteiger partial charge in [-0.2, -0.15) is 0 Å². The molecule has 0 fully saturated rings. The van der Waals surface area contributed by atoms with Gasteiger partial charge in [0.25, 0.3) is 0 Å². The van der Waals surface area contributed by atoms with Gasteiger partial charge in [-0.3, -0.25) is 9.59 Å². The molecule has 0 aromatic heterocycles. The Labute approximate surface area is 107 Å². The predicted molar refractivity (Wildman–Crippen MR) is 66.1 cm³/mol. The van der Waals surface area contributed by atoms with Crippen LogP contribution in [-0.2, 0) is 14.3 Å². The number of alkyl halides is 1. The van der Waals surface area contributed by atoms with Gasteiger partial charge in [0, 0.05) is 25.1 Å². The average Bonchev–Trinajstić information content (AvgIpc) is 2.32. The number of carbonyl (C=O) groups is 2. The number of aliphatic hydroxyl groups is 1. The van der Waals surface area contributed by atoms with Gasteiger partial charge in [0.1, 0.15) is 11.9 Å². The summed E-state index contributed by atoms with van der Waals surface area (Å²) in [5.74, 6) is 0.182. The summed E-state index contributed by atoms with van der Waals surface area (Å²) in [5, 5.41) is 8.84. The maximum absolute atomic E-state index is 11.3. The number of aliphatic hydroxyl groups excluding tert-OH is 1. The molecule has 0 rings (SSSR count). The van der Waals surface area contributed by atoms with Crippen LogP contribution in [0.2, 0.25) is 0 Å². The number of Topliss-reactive ketones (excluding diaryl/α,β-unsaturated/α-hetero) is 1. The van der Waals surface area contributed by atoms with Crippen molar-refractivity contribution in [3.63, 3.8) is 0 Å². The van der Waals surface area contributed by atoms with Crippen LogP contribution in [0.4, 0.5) is 0 Å². The molecule has 1 atom stereocenters. The first-order valence-corrected chi connectivity index (χ1v) is 6.55. The van der Waals surface area contributed by atoms with E-state index in [1.807, 2.05) is 6.92 Å². The van der Waals surface area contributed by atoms with E-state index in [0.717, 1.165) is 0 Å². The zero-order valence-electron chi connectivity index (χ0n) is 10.3. The van der Waals surface area contributed by atoms with Crippen LogP contribution in [0, 0.1) is 0 Å². The number of hydrogen-bond acceptors (Lipinski definition) is 4. The zero-order valence-corrected chi connectivity index (χ0v) is 11.0. The van der Waals surface area contributed by atoms with Gasteiger partial charge in [0.2, 0.25) is 0 Å². The summed E-state index contributed by atoms with van der Waals surface area (Å²) in [6, 6.07) is 0. The Hall–Kier alpha value is -0.610. The van der Waals surface area contributed by atoms with Crippen LogP contribution in [0.1, 0.15) is 45.4 Å². The van der Waals surface area contributed by atoms with E-state index in [1.165, 1.54) is 0 Å². The maximum Gasteiger partial charge on any atom is 0.306 e. The van der Waals surface area contributed by atoms with Crippen LogP contribution < -0.4 is 0 Å². The molecule has 0 bridgehead atoms. The van der Waals surface area contributed by atoms with Crippen molar-refractivity contribution in [1.29, 1.82) is 0 Å². The molecule has 5 heteroatoms. The van der Waals surface area contributed by atoms with Crippen molar-refractivity contribution in [3.8, 4) is 0 Å². The van der Waals surface area contributed by atoms with E-state index in [4.69, 9.17) is 21.4 Å². The van der Waals surface area contributed by atoms with Gasteiger partial charge in [0.15, 0.2) is 0 Å². The van der Waals surface area contributed by atoms with Crippen molar-refractivity contribution in [2.45, 2.75) is 51.6 Å². The Morgan fingerprint density at radius 3 is 2.41 bits per heavy atom. The molecule has 4 nitrogen and oxygen atoms in total. The first-order valence-electron chi connectivity index (χ1n) is 6.02. The lowest BCUT2D eigenvalue weighted by atomic mass is 10.1. The molecule has 0 aromatic rings. The molecule has 0 radical (unpaired) electrons. The molecule has 0 spiro atoms. The summed E-state index contributed by atoms with van der Waals surface area (Å²) in [6.45, 7) is 1.70. The number of esters is 1. The summed E-state index contributed by atoms with van der Waals surface area (Å²) in [7, 11) is 0. The normalized spacial score (nSPS) is 12.2. The van der Waals surface area contributed by atoms with Crippen molar-refractivity contribution in [2.24, 2.45) is 0 Å². The Balaban J connectivity index is 3.54. The highest BCUT2D eigenvalue weighted by atomic mass is 35.5. The molecule has 1 unspecified atom stereocenters. The highest BCUT2D eigenvalue weighted by Gasteiger charge is 2.11. The largest absolute Gasteiger partial charge is 0.460 e. The minimum absolute atomic E-state index is 0.134. The molecule has 1 N–H and O–H groups in total. The first-order chi connectivity index (χ1) is 8.13.